The summed E-state index contributed by atoms with van der Waals surface area (Å²) in [5.74, 6) is 0.839. The van der Waals surface area contributed by atoms with E-state index in [0.29, 0.717) is 23.9 Å². The third kappa shape index (κ3) is 1.89. The molecule has 0 aliphatic carbocycles. The maximum atomic E-state index is 5.69. The molecule has 2 aromatic rings. The monoisotopic (exact) mass is 202 g/mol. The lowest BCUT2D eigenvalue weighted by molar-refractivity contribution is 1.01. The van der Waals surface area contributed by atoms with Gasteiger partial charge in [0.25, 0.3) is 0 Å². The zero-order chi connectivity index (χ0) is 10.7. The highest BCUT2D eigenvalue weighted by Crippen LogP contribution is 2.13. The zero-order valence-electron chi connectivity index (χ0n) is 7.96. The first-order valence-electron chi connectivity index (χ1n) is 4.39. The number of rotatable bonds is 2. The lowest BCUT2D eigenvalue weighted by atomic mass is 10.3. The molecule has 0 aromatic carbocycles. The van der Waals surface area contributed by atoms with Crippen LogP contribution in [0.3, 0.4) is 0 Å². The molecule has 0 spiro atoms. The molecule has 2 heterocycles. The second-order valence-electron chi connectivity index (χ2n) is 2.90. The van der Waals surface area contributed by atoms with Gasteiger partial charge in [0.15, 0.2) is 5.82 Å². The van der Waals surface area contributed by atoms with Crippen molar-refractivity contribution in [2.75, 3.05) is 5.73 Å². The van der Waals surface area contributed by atoms with Gasteiger partial charge in [0.2, 0.25) is 0 Å². The lowest BCUT2D eigenvalue weighted by Gasteiger charge is -2.03. The van der Waals surface area contributed by atoms with Crippen LogP contribution in [0.2, 0.25) is 0 Å². The predicted molar refractivity (Wildman–Crippen MR) is 55.4 cm³/mol. The van der Waals surface area contributed by atoms with Gasteiger partial charge in [-0.1, -0.05) is 0 Å². The smallest absolute Gasteiger partial charge is 0.181 e. The number of aromatic nitrogens is 4. The normalized spacial score (nSPS) is 10.2. The Labute approximate surface area is 86.4 Å². The summed E-state index contributed by atoms with van der Waals surface area (Å²) in [6, 6.07) is 0. The van der Waals surface area contributed by atoms with E-state index in [0.717, 1.165) is 5.56 Å². The minimum atomic E-state index is 0.326. The summed E-state index contributed by atoms with van der Waals surface area (Å²) in [7, 11) is 0. The molecule has 76 valence electrons. The van der Waals surface area contributed by atoms with Crippen molar-refractivity contribution in [3.05, 3.63) is 30.4 Å². The van der Waals surface area contributed by atoms with Crippen molar-refractivity contribution in [3.63, 3.8) is 0 Å². The second-order valence-corrected chi connectivity index (χ2v) is 2.90. The molecule has 0 saturated heterocycles. The summed E-state index contributed by atoms with van der Waals surface area (Å²) < 4.78 is 0. The highest BCUT2D eigenvalue weighted by atomic mass is 15.0. The van der Waals surface area contributed by atoms with Crippen molar-refractivity contribution in [2.24, 2.45) is 5.73 Å². The third-order valence-electron chi connectivity index (χ3n) is 1.91. The molecule has 0 saturated carbocycles. The Bertz CT molecular complexity index is 455. The van der Waals surface area contributed by atoms with Gasteiger partial charge < -0.3 is 11.5 Å². The first-order valence-corrected chi connectivity index (χ1v) is 4.39. The van der Waals surface area contributed by atoms with E-state index >= 15 is 0 Å². The Morgan fingerprint density at radius 2 is 2.00 bits per heavy atom. The van der Waals surface area contributed by atoms with Crippen LogP contribution in [0, 0.1) is 0 Å². The van der Waals surface area contributed by atoms with E-state index in [1.807, 2.05) is 0 Å². The van der Waals surface area contributed by atoms with Crippen LogP contribution in [-0.4, -0.2) is 19.9 Å². The molecule has 0 aliphatic rings. The Morgan fingerprint density at radius 3 is 2.60 bits per heavy atom. The van der Waals surface area contributed by atoms with E-state index in [9.17, 15) is 0 Å². The zero-order valence-corrected chi connectivity index (χ0v) is 7.96. The number of nitrogens with zero attached hydrogens (tertiary/aromatic N) is 4. The largest absolute Gasteiger partial charge is 0.383 e. The Hall–Kier alpha value is -2.08. The number of anilines is 1. The Balaban J connectivity index is 2.43. The van der Waals surface area contributed by atoms with Gasteiger partial charge in [-0.3, -0.25) is 4.98 Å². The maximum Gasteiger partial charge on any atom is 0.181 e. The van der Waals surface area contributed by atoms with E-state index in [4.69, 9.17) is 11.5 Å². The van der Waals surface area contributed by atoms with Crippen molar-refractivity contribution >= 4 is 5.82 Å². The summed E-state index contributed by atoms with van der Waals surface area (Å²) in [4.78, 5) is 16.2. The van der Waals surface area contributed by atoms with Gasteiger partial charge in [0.1, 0.15) is 11.5 Å². The molecule has 6 heteroatoms. The topological polar surface area (TPSA) is 104 Å². The van der Waals surface area contributed by atoms with E-state index < -0.39 is 0 Å². The van der Waals surface area contributed by atoms with Gasteiger partial charge in [-0.15, -0.1) is 0 Å². The van der Waals surface area contributed by atoms with Crippen LogP contribution >= 0.6 is 0 Å². The van der Waals surface area contributed by atoms with Gasteiger partial charge in [0, 0.05) is 30.7 Å². The Morgan fingerprint density at radius 1 is 1.13 bits per heavy atom. The van der Waals surface area contributed by atoms with Gasteiger partial charge in [-0.05, 0) is 0 Å². The molecular formula is C9H10N6. The molecule has 6 nitrogen and oxygen atoms in total. The average Bonchev–Trinajstić information content (AvgIpc) is 2.30. The first-order chi connectivity index (χ1) is 7.31. The van der Waals surface area contributed by atoms with Crippen LogP contribution in [0.25, 0.3) is 11.5 Å². The van der Waals surface area contributed by atoms with Crippen molar-refractivity contribution < 1.29 is 0 Å². The molecule has 0 fully saturated rings. The fourth-order valence-electron chi connectivity index (χ4n) is 1.12. The van der Waals surface area contributed by atoms with E-state index in [1.165, 1.54) is 0 Å². The van der Waals surface area contributed by atoms with Crippen molar-refractivity contribution in [1.82, 2.24) is 19.9 Å². The van der Waals surface area contributed by atoms with Crippen LogP contribution in [0.5, 0.6) is 0 Å². The number of hydrogen-bond donors (Lipinski definition) is 2. The molecular weight excluding hydrogens is 192 g/mol. The number of nitrogen functional groups attached to an aromatic ring is 1. The molecule has 0 amide bonds. The standard InChI is InChI=1S/C9H10N6/c10-3-6-4-14-9(15-8(6)11)7-5-12-1-2-13-7/h1-2,4-5H,3,10H2,(H2,11,14,15). The molecule has 2 aromatic heterocycles. The predicted octanol–water partition coefficient (Wildman–Crippen LogP) is -0.0255. The Kier molecular flexibility index (Phi) is 2.51. The third-order valence-corrected chi connectivity index (χ3v) is 1.91. The van der Waals surface area contributed by atoms with Crippen LogP contribution in [-0.2, 0) is 6.54 Å². The number of nitrogens with two attached hydrogens (primary N) is 2. The van der Waals surface area contributed by atoms with Crippen molar-refractivity contribution in [3.8, 4) is 11.5 Å². The average molecular weight is 202 g/mol. The van der Waals surface area contributed by atoms with E-state index in [2.05, 4.69) is 19.9 Å². The minimum absolute atomic E-state index is 0.326. The molecule has 2 rings (SSSR count). The molecule has 0 radical (unpaired) electrons. The second kappa shape index (κ2) is 3.97. The van der Waals surface area contributed by atoms with Crippen LogP contribution in [0.15, 0.2) is 24.8 Å². The highest BCUT2D eigenvalue weighted by molar-refractivity contribution is 5.51. The number of hydrogen-bond acceptors (Lipinski definition) is 6. The van der Waals surface area contributed by atoms with Gasteiger partial charge >= 0.3 is 0 Å². The van der Waals surface area contributed by atoms with Gasteiger partial charge in [-0.2, -0.15) is 0 Å². The minimum Gasteiger partial charge on any atom is -0.383 e. The first kappa shape index (κ1) is 9.47. The summed E-state index contributed by atoms with van der Waals surface area (Å²) in [5, 5.41) is 0. The van der Waals surface area contributed by atoms with Crippen LogP contribution in [0.1, 0.15) is 5.56 Å². The summed E-state index contributed by atoms with van der Waals surface area (Å²) in [6.07, 6.45) is 6.34. The van der Waals surface area contributed by atoms with Gasteiger partial charge in [-0.25, -0.2) is 15.0 Å². The molecule has 4 N–H and O–H groups in total. The van der Waals surface area contributed by atoms with E-state index in [-0.39, 0.29) is 0 Å². The molecule has 0 bridgehead atoms. The van der Waals surface area contributed by atoms with Gasteiger partial charge in [0.05, 0.1) is 6.20 Å². The van der Waals surface area contributed by atoms with E-state index in [1.54, 1.807) is 24.8 Å². The summed E-state index contributed by atoms with van der Waals surface area (Å²) >= 11 is 0. The quantitative estimate of drug-likeness (QED) is 0.709. The summed E-state index contributed by atoms with van der Waals surface area (Å²) in [5.41, 5.74) is 12.5. The molecule has 0 atom stereocenters. The summed E-state index contributed by atoms with van der Waals surface area (Å²) in [6.45, 7) is 0.326. The molecule has 15 heavy (non-hydrogen) atoms. The molecule has 0 aliphatic heterocycles. The maximum absolute atomic E-state index is 5.69. The van der Waals surface area contributed by atoms with Crippen molar-refractivity contribution in [2.45, 2.75) is 6.54 Å². The van der Waals surface area contributed by atoms with Crippen LogP contribution in [0.4, 0.5) is 5.82 Å². The highest BCUT2D eigenvalue weighted by Gasteiger charge is 2.05. The molecule has 0 unspecified atom stereocenters. The fourth-order valence-corrected chi connectivity index (χ4v) is 1.12. The van der Waals surface area contributed by atoms with Crippen LogP contribution < -0.4 is 11.5 Å². The SMILES string of the molecule is NCc1cnc(-c2cnccn2)nc1N. The van der Waals surface area contributed by atoms with Crippen molar-refractivity contribution in [1.29, 1.82) is 0 Å². The fraction of sp³-hybridized carbons (Fsp3) is 0.111. The lowest BCUT2D eigenvalue weighted by Crippen LogP contribution is -2.06.